The van der Waals surface area contributed by atoms with Crippen molar-refractivity contribution in [2.45, 2.75) is 82.8 Å². The Kier molecular flexibility index (Phi) is 12.6. The van der Waals surface area contributed by atoms with Gasteiger partial charge in [-0.3, -0.25) is 14.3 Å². The molecule has 3 aromatic carbocycles. The number of aromatic amines is 1. The maximum absolute atomic E-state index is 13.3. The van der Waals surface area contributed by atoms with Crippen LogP contribution in [0.15, 0.2) is 94.6 Å². The largest absolute Gasteiger partial charge is 0.497 e. The van der Waals surface area contributed by atoms with Crippen molar-refractivity contribution < 1.29 is 32.7 Å². The molecule has 2 fully saturated rings. The normalized spacial score (nSPS) is 21.3. The van der Waals surface area contributed by atoms with Crippen LogP contribution in [-0.4, -0.2) is 78.2 Å². The highest BCUT2D eigenvalue weighted by Gasteiger charge is 2.68. The average Bonchev–Trinajstić information content (AvgIpc) is 3.38. The lowest BCUT2D eigenvalue weighted by molar-refractivity contribution is -0.228. The van der Waals surface area contributed by atoms with Gasteiger partial charge in [-0.15, -0.1) is 0 Å². The van der Waals surface area contributed by atoms with Gasteiger partial charge < -0.3 is 32.7 Å². The number of rotatable bonds is 17. The van der Waals surface area contributed by atoms with E-state index in [9.17, 15) is 14.9 Å². The molecule has 2 aliphatic rings. The molecule has 2 saturated heterocycles. The van der Waals surface area contributed by atoms with Crippen molar-refractivity contribution in [2.24, 2.45) is 0 Å². The van der Waals surface area contributed by atoms with Gasteiger partial charge in [-0.2, -0.15) is 5.26 Å². The molecule has 1 unspecified atom stereocenters. The fourth-order valence-electron chi connectivity index (χ4n) is 7.31. The first-order chi connectivity index (χ1) is 26.5. The number of fused-ring (bicyclic) bond motifs is 1. The molecule has 5 atom stereocenters. The highest BCUT2D eigenvalue weighted by atomic mass is 31.2. The molecule has 13 nitrogen and oxygen atoms in total. The summed E-state index contributed by atoms with van der Waals surface area (Å²) in [6.07, 6.45) is -0.893. The zero-order valence-electron chi connectivity index (χ0n) is 32.3. The van der Waals surface area contributed by atoms with Crippen molar-refractivity contribution in [3.63, 3.8) is 0 Å². The maximum Gasteiger partial charge on any atom is 0.330 e. The van der Waals surface area contributed by atoms with E-state index in [0.717, 1.165) is 16.7 Å². The number of benzene rings is 3. The molecule has 4 aromatic rings. The Morgan fingerprint density at radius 1 is 0.945 bits per heavy atom. The van der Waals surface area contributed by atoms with Crippen LogP contribution in [0.5, 0.6) is 11.5 Å². The minimum atomic E-state index is -1.77. The van der Waals surface area contributed by atoms with Gasteiger partial charge in [-0.1, -0.05) is 54.6 Å². The first-order valence-electron chi connectivity index (χ1n) is 18.3. The quantitative estimate of drug-likeness (QED) is 0.0744. The fourth-order valence-corrected chi connectivity index (χ4v) is 9.15. The number of methoxy groups -OCH3 is 2. The summed E-state index contributed by atoms with van der Waals surface area (Å²) in [7, 11) is 1.47. The second kappa shape index (κ2) is 17.2. The van der Waals surface area contributed by atoms with Gasteiger partial charge in [0, 0.05) is 23.8 Å². The van der Waals surface area contributed by atoms with Crippen LogP contribution in [0.4, 0.5) is 0 Å². The summed E-state index contributed by atoms with van der Waals surface area (Å²) in [5.41, 5.74) is -0.602. The van der Waals surface area contributed by atoms with Crippen LogP contribution in [-0.2, 0) is 28.9 Å². The van der Waals surface area contributed by atoms with Gasteiger partial charge >= 0.3 is 5.69 Å². The van der Waals surface area contributed by atoms with Crippen molar-refractivity contribution in [1.29, 1.82) is 5.26 Å². The van der Waals surface area contributed by atoms with Crippen molar-refractivity contribution >= 4 is 8.53 Å². The molecule has 14 heteroatoms. The van der Waals surface area contributed by atoms with E-state index in [-0.39, 0.29) is 38.3 Å². The van der Waals surface area contributed by atoms with Crippen LogP contribution in [0.25, 0.3) is 0 Å². The molecule has 0 amide bonds. The van der Waals surface area contributed by atoms with Gasteiger partial charge in [-0.05, 0) is 75.6 Å². The topological polar surface area (TPSA) is 147 Å². The Balaban J connectivity index is 1.49. The molecule has 0 bridgehead atoms. The van der Waals surface area contributed by atoms with E-state index in [0.29, 0.717) is 17.1 Å². The average molecular weight is 773 g/mol. The molecule has 6 rings (SSSR count). The van der Waals surface area contributed by atoms with Crippen molar-refractivity contribution in [2.75, 3.05) is 34.0 Å². The summed E-state index contributed by atoms with van der Waals surface area (Å²) in [6.45, 7) is 10.1. The molecular formula is C41H49N4O9P. The zero-order valence-corrected chi connectivity index (χ0v) is 33.2. The highest BCUT2D eigenvalue weighted by molar-refractivity contribution is 7.44. The maximum atomic E-state index is 13.3. The lowest BCUT2D eigenvalue weighted by Crippen LogP contribution is -2.64. The summed E-state index contributed by atoms with van der Waals surface area (Å²) >= 11 is 0. The summed E-state index contributed by atoms with van der Waals surface area (Å²) in [6, 6.07) is 27.6. The Hall–Kier alpha value is -4.38. The predicted octanol–water partition coefficient (Wildman–Crippen LogP) is 6.20. The molecular weight excluding hydrogens is 723 g/mol. The molecule has 292 valence electrons. The van der Waals surface area contributed by atoms with E-state index in [4.69, 9.17) is 32.7 Å². The minimum absolute atomic E-state index is 0.0227. The number of aryl methyl sites for hydroxylation is 1. The van der Waals surface area contributed by atoms with Crippen LogP contribution in [0.3, 0.4) is 0 Å². The lowest BCUT2D eigenvalue weighted by atomic mass is 9.79. The summed E-state index contributed by atoms with van der Waals surface area (Å²) < 4.78 is 48.4. The molecule has 55 heavy (non-hydrogen) atoms. The smallest absolute Gasteiger partial charge is 0.330 e. The van der Waals surface area contributed by atoms with Crippen molar-refractivity contribution in [1.82, 2.24) is 14.2 Å². The van der Waals surface area contributed by atoms with E-state index in [1.54, 1.807) is 21.1 Å². The van der Waals surface area contributed by atoms with Crippen LogP contribution < -0.4 is 20.7 Å². The Morgan fingerprint density at radius 2 is 1.53 bits per heavy atom. The van der Waals surface area contributed by atoms with E-state index in [2.05, 4.69) is 43.4 Å². The van der Waals surface area contributed by atoms with E-state index >= 15 is 0 Å². The van der Waals surface area contributed by atoms with Crippen LogP contribution in [0.1, 0.15) is 62.6 Å². The highest BCUT2D eigenvalue weighted by Crippen LogP contribution is 2.58. The number of hydrogen-bond donors (Lipinski definition) is 1. The molecule has 3 heterocycles. The van der Waals surface area contributed by atoms with Crippen LogP contribution >= 0.6 is 8.53 Å². The van der Waals surface area contributed by atoms with E-state index in [1.807, 2.05) is 78.9 Å². The molecule has 0 aliphatic carbocycles. The zero-order chi connectivity index (χ0) is 39.3. The van der Waals surface area contributed by atoms with Gasteiger partial charge in [0.2, 0.25) is 0 Å². The lowest BCUT2D eigenvalue weighted by Gasteiger charge is -2.49. The number of aromatic nitrogens is 2. The Bertz CT molecular complexity index is 1990. The molecule has 0 saturated carbocycles. The Labute approximate surface area is 322 Å². The number of nitrogens with one attached hydrogen (secondary N) is 1. The SMILES string of the molecule is COc1ccc(C(OC[C@H]2O[C@H](n3cc(C)c(=O)[nH]c3=O)[C@H]3OC[C@]32OP(OCCC#N)N(C(C)C)C(C)C)(c2ccccc2)c2ccc(OC)cc2)cc1. The third kappa shape index (κ3) is 7.86. The summed E-state index contributed by atoms with van der Waals surface area (Å²) in [5.74, 6) is 1.38. The third-order valence-electron chi connectivity index (χ3n) is 10.0. The fraction of sp³-hybridized carbons (Fsp3) is 0.439. The summed E-state index contributed by atoms with van der Waals surface area (Å²) in [5, 5.41) is 9.38. The number of ether oxygens (including phenoxy) is 5. The molecule has 1 N–H and O–H groups in total. The van der Waals surface area contributed by atoms with Gasteiger partial charge in [0.25, 0.3) is 14.1 Å². The molecule has 1 aromatic heterocycles. The monoisotopic (exact) mass is 772 g/mol. The molecule has 0 spiro atoms. The standard InChI is InChI=1S/C41H49N4O9P/c1-27(2)45(28(3)4)55(52-23-11-22-42)54-40-26-50-36(40)38(44-24-29(5)37(46)43-39(44)47)53-35(40)25-51-41(30-12-9-8-10-13-30,31-14-18-33(48-6)19-15-31)32-16-20-34(49-7)21-17-32/h8-10,12-21,24,27-28,35-36,38H,11,23,25-26H2,1-7H3,(H,43,46,47)/t35-,36-,38+,40-,55?/m1/s1. The number of nitrogens with zero attached hydrogens (tertiary/aromatic N) is 3. The van der Waals surface area contributed by atoms with Gasteiger partial charge in [0.15, 0.2) is 11.8 Å². The van der Waals surface area contributed by atoms with Crippen LogP contribution in [0, 0.1) is 18.3 Å². The first kappa shape index (κ1) is 40.3. The molecule has 0 radical (unpaired) electrons. The van der Waals surface area contributed by atoms with Crippen LogP contribution in [0.2, 0.25) is 0 Å². The van der Waals surface area contributed by atoms with Gasteiger partial charge in [0.1, 0.15) is 29.3 Å². The van der Waals surface area contributed by atoms with Crippen molar-refractivity contribution in [3.05, 3.63) is 128 Å². The number of hydrogen-bond acceptors (Lipinski definition) is 11. The second-order valence-corrected chi connectivity index (χ2v) is 15.5. The number of nitriles is 1. The first-order valence-corrected chi connectivity index (χ1v) is 19.5. The third-order valence-corrected chi connectivity index (χ3v) is 12.2. The van der Waals surface area contributed by atoms with E-state index < -0.39 is 49.4 Å². The predicted molar refractivity (Wildman–Crippen MR) is 207 cm³/mol. The summed E-state index contributed by atoms with van der Waals surface area (Å²) in [4.78, 5) is 28.2. The van der Waals surface area contributed by atoms with Gasteiger partial charge in [0.05, 0.1) is 46.5 Å². The van der Waals surface area contributed by atoms with Gasteiger partial charge in [-0.25, -0.2) is 9.46 Å². The molecule has 2 aliphatic heterocycles. The number of H-pyrrole nitrogens is 1. The Morgan fingerprint density at radius 3 is 2.04 bits per heavy atom. The van der Waals surface area contributed by atoms with E-state index in [1.165, 1.54) is 10.8 Å². The minimum Gasteiger partial charge on any atom is -0.497 e. The second-order valence-electron chi connectivity index (χ2n) is 14.1. The van der Waals surface area contributed by atoms with Crippen molar-refractivity contribution in [3.8, 4) is 17.6 Å².